The third-order valence-electron chi connectivity index (χ3n) is 5.86. The highest BCUT2D eigenvalue weighted by molar-refractivity contribution is 6.04. The zero-order chi connectivity index (χ0) is 23.0. The summed E-state index contributed by atoms with van der Waals surface area (Å²) in [7, 11) is 0. The Bertz CT molecular complexity index is 1050. The van der Waals surface area contributed by atoms with Gasteiger partial charge in [0.25, 0.3) is 5.91 Å². The molecule has 1 amide bonds. The van der Waals surface area contributed by atoms with Crippen molar-refractivity contribution in [2.75, 3.05) is 25.0 Å². The Morgan fingerprint density at radius 2 is 1.79 bits per heavy atom. The van der Waals surface area contributed by atoms with Crippen molar-refractivity contribution in [2.45, 2.75) is 44.7 Å². The number of aromatic nitrogens is 2. The number of anilines is 1. The summed E-state index contributed by atoms with van der Waals surface area (Å²) in [5.74, 6) is -0.0504. The molecule has 0 bridgehead atoms. The zero-order valence-electron chi connectivity index (χ0n) is 18.5. The maximum atomic E-state index is 13.8. The Morgan fingerprint density at radius 3 is 2.55 bits per heavy atom. The molecule has 4 rings (SSSR count). The molecule has 0 atom stereocenters. The minimum atomic E-state index is -0.623. The first-order chi connectivity index (χ1) is 16.1. The van der Waals surface area contributed by atoms with Crippen LogP contribution in [0.2, 0.25) is 0 Å². The fourth-order valence-corrected chi connectivity index (χ4v) is 3.92. The Hall–Kier alpha value is -3.13. The molecule has 33 heavy (non-hydrogen) atoms. The quantitative estimate of drug-likeness (QED) is 0.446. The van der Waals surface area contributed by atoms with Gasteiger partial charge in [0.05, 0.1) is 5.56 Å². The van der Waals surface area contributed by atoms with Crippen LogP contribution in [0.15, 0.2) is 52.9 Å². The maximum absolute atomic E-state index is 13.8. The number of carbonyl (C=O) groups is 1. The topological polar surface area (TPSA) is 71.3 Å². The molecule has 0 spiro atoms. The number of unbranched alkanes of at least 4 members (excludes halogenated alkanes) is 2. The lowest BCUT2D eigenvalue weighted by molar-refractivity contribution is 0.102. The van der Waals surface area contributed by atoms with Crippen molar-refractivity contribution >= 4 is 11.6 Å². The van der Waals surface area contributed by atoms with Crippen molar-refractivity contribution in [3.05, 3.63) is 65.8 Å². The van der Waals surface area contributed by atoms with Crippen LogP contribution in [0.25, 0.3) is 11.5 Å². The van der Waals surface area contributed by atoms with Crippen LogP contribution in [-0.2, 0) is 6.42 Å². The van der Waals surface area contributed by atoms with Gasteiger partial charge < -0.3 is 14.6 Å². The molecule has 3 aromatic rings. The molecule has 1 fully saturated rings. The van der Waals surface area contributed by atoms with Crippen molar-refractivity contribution in [3.8, 4) is 11.5 Å². The smallest absolute Gasteiger partial charge is 0.258 e. The SMILES string of the molecule is O=C(Nc1ccc(-c2nnc(CCCCCN3CCC(F)CC3)o2)cc1)c1ccccc1F. The maximum Gasteiger partial charge on any atom is 0.258 e. The van der Waals surface area contributed by atoms with E-state index in [1.54, 1.807) is 30.3 Å². The third-order valence-corrected chi connectivity index (χ3v) is 5.86. The van der Waals surface area contributed by atoms with Gasteiger partial charge in [-0.2, -0.15) is 0 Å². The van der Waals surface area contributed by atoms with Gasteiger partial charge in [-0.25, -0.2) is 8.78 Å². The molecule has 1 saturated heterocycles. The Morgan fingerprint density at radius 1 is 1.03 bits per heavy atom. The van der Waals surface area contributed by atoms with Gasteiger partial charge in [0.2, 0.25) is 11.8 Å². The highest BCUT2D eigenvalue weighted by atomic mass is 19.1. The molecule has 2 aromatic carbocycles. The van der Waals surface area contributed by atoms with Gasteiger partial charge in [0, 0.05) is 30.8 Å². The van der Waals surface area contributed by atoms with Crippen molar-refractivity contribution in [1.29, 1.82) is 0 Å². The second-order valence-corrected chi connectivity index (χ2v) is 8.34. The van der Waals surface area contributed by atoms with Crippen LogP contribution in [0, 0.1) is 5.82 Å². The number of carbonyl (C=O) groups excluding carboxylic acids is 1. The monoisotopic (exact) mass is 454 g/mol. The number of likely N-dealkylation sites (tertiary alicyclic amines) is 1. The molecule has 0 radical (unpaired) electrons. The van der Waals surface area contributed by atoms with Crippen molar-refractivity contribution in [2.24, 2.45) is 0 Å². The van der Waals surface area contributed by atoms with E-state index in [2.05, 4.69) is 20.4 Å². The van der Waals surface area contributed by atoms with Gasteiger partial charge in [0.1, 0.15) is 12.0 Å². The highest BCUT2D eigenvalue weighted by Crippen LogP contribution is 2.22. The minimum absolute atomic E-state index is 0.00699. The predicted molar refractivity (Wildman–Crippen MR) is 122 cm³/mol. The third kappa shape index (κ3) is 6.44. The normalized spacial score (nSPS) is 15.0. The molecule has 0 saturated carbocycles. The van der Waals surface area contributed by atoms with E-state index in [1.165, 1.54) is 18.2 Å². The number of hydrogen-bond acceptors (Lipinski definition) is 5. The number of amides is 1. The minimum Gasteiger partial charge on any atom is -0.421 e. The molecule has 6 nitrogen and oxygen atoms in total. The molecule has 8 heteroatoms. The number of aryl methyl sites for hydroxylation is 1. The van der Waals surface area contributed by atoms with E-state index in [-0.39, 0.29) is 5.56 Å². The largest absolute Gasteiger partial charge is 0.421 e. The molecule has 1 aliphatic rings. The molecule has 0 unspecified atom stereocenters. The van der Waals surface area contributed by atoms with Crippen LogP contribution in [0.4, 0.5) is 14.5 Å². The molecular weight excluding hydrogens is 426 g/mol. The summed E-state index contributed by atoms with van der Waals surface area (Å²) < 4.78 is 32.7. The lowest BCUT2D eigenvalue weighted by atomic mass is 10.1. The lowest BCUT2D eigenvalue weighted by Crippen LogP contribution is -2.35. The number of rotatable bonds is 9. The molecular formula is C25H28F2N4O2. The van der Waals surface area contributed by atoms with Gasteiger partial charge in [-0.05, 0) is 68.6 Å². The number of piperidine rings is 1. The molecule has 1 aromatic heterocycles. The van der Waals surface area contributed by atoms with Gasteiger partial charge in [-0.1, -0.05) is 18.6 Å². The zero-order valence-corrected chi connectivity index (χ0v) is 18.5. The predicted octanol–water partition coefficient (Wildman–Crippen LogP) is 5.27. The molecule has 0 aliphatic carbocycles. The number of hydrogen-bond donors (Lipinski definition) is 1. The van der Waals surface area contributed by atoms with E-state index in [0.29, 0.717) is 30.3 Å². The second kappa shape index (κ2) is 11.1. The number of nitrogens with one attached hydrogen (secondary N) is 1. The van der Waals surface area contributed by atoms with Crippen LogP contribution >= 0.6 is 0 Å². The van der Waals surface area contributed by atoms with Crippen LogP contribution in [0.1, 0.15) is 48.4 Å². The molecule has 1 aliphatic heterocycles. The van der Waals surface area contributed by atoms with Crippen molar-refractivity contribution in [1.82, 2.24) is 15.1 Å². The first kappa shape index (κ1) is 23.0. The number of nitrogens with zero attached hydrogens (tertiary/aromatic N) is 3. The van der Waals surface area contributed by atoms with E-state index in [9.17, 15) is 13.6 Å². The molecule has 2 heterocycles. The lowest BCUT2D eigenvalue weighted by Gasteiger charge is -2.28. The highest BCUT2D eigenvalue weighted by Gasteiger charge is 2.17. The number of alkyl halides is 1. The average molecular weight is 455 g/mol. The van der Waals surface area contributed by atoms with E-state index < -0.39 is 17.9 Å². The Balaban J connectivity index is 1.22. The van der Waals surface area contributed by atoms with E-state index in [0.717, 1.165) is 50.9 Å². The summed E-state index contributed by atoms with van der Waals surface area (Å²) >= 11 is 0. The van der Waals surface area contributed by atoms with Crippen LogP contribution in [0.5, 0.6) is 0 Å². The molecule has 1 N–H and O–H groups in total. The summed E-state index contributed by atoms with van der Waals surface area (Å²) in [6, 6.07) is 12.8. The summed E-state index contributed by atoms with van der Waals surface area (Å²) in [6.07, 6.45) is 4.51. The summed E-state index contributed by atoms with van der Waals surface area (Å²) in [5, 5.41) is 10.9. The second-order valence-electron chi connectivity index (χ2n) is 8.34. The Labute approximate surface area is 192 Å². The Kier molecular flexibility index (Phi) is 7.78. The average Bonchev–Trinajstić information content (AvgIpc) is 3.30. The van der Waals surface area contributed by atoms with Gasteiger partial charge in [0.15, 0.2) is 0 Å². The molecule has 174 valence electrons. The standard InChI is InChI=1S/C25H28F2N4O2/c26-19-13-16-31(17-14-19)15-5-1-2-8-23-29-30-25(33-23)18-9-11-20(12-10-18)28-24(32)21-6-3-4-7-22(21)27/h3-4,6-7,9-12,19H,1-2,5,8,13-17H2,(H,28,32). The van der Waals surface area contributed by atoms with E-state index >= 15 is 0 Å². The first-order valence-electron chi connectivity index (χ1n) is 11.4. The fourth-order valence-electron chi connectivity index (χ4n) is 3.92. The van der Waals surface area contributed by atoms with Crippen LogP contribution in [-0.4, -0.2) is 46.8 Å². The first-order valence-corrected chi connectivity index (χ1v) is 11.4. The fraction of sp³-hybridized carbons (Fsp3) is 0.400. The van der Waals surface area contributed by atoms with Gasteiger partial charge >= 0.3 is 0 Å². The van der Waals surface area contributed by atoms with Crippen molar-refractivity contribution in [3.63, 3.8) is 0 Å². The van der Waals surface area contributed by atoms with Crippen LogP contribution < -0.4 is 5.32 Å². The number of halogens is 2. The van der Waals surface area contributed by atoms with Gasteiger partial charge in [-0.15, -0.1) is 10.2 Å². The van der Waals surface area contributed by atoms with Gasteiger partial charge in [-0.3, -0.25) is 4.79 Å². The van der Waals surface area contributed by atoms with E-state index in [4.69, 9.17) is 4.42 Å². The van der Waals surface area contributed by atoms with E-state index in [1.807, 2.05) is 0 Å². The number of benzene rings is 2. The summed E-state index contributed by atoms with van der Waals surface area (Å²) in [6.45, 7) is 2.74. The van der Waals surface area contributed by atoms with Crippen molar-refractivity contribution < 1.29 is 18.0 Å². The van der Waals surface area contributed by atoms with Crippen LogP contribution in [0.3, 0.4) is 0 Å². The summed E-state index contributed by atoms with van der Waals surface area (Å²) in [5.41, 5.74) is 1.28. The summed E-state index contributed by atoms with van der Waals surface area (Å²) in [4.78, 5) is 14.6.